The highest BCUT2D eigenvalue weighted by Crippen LogP contribution is 2.19. The second kappa shape index (κ2) is 6.50. The van der Waals surface area contributed by atoms with Crippen LogP contribution in [0.3, 0.4) is 0 Å². The molecule has 1 fully saturated rings. The standard InChI is InChI=1S/C12H24F2N2/c1-4-9(3)11-6-15-10(5-2)7-16(11)8-12(13)14/h9-12,15H,4-8H2,1-3H3. The van der Waals surface area contributed by atoms with Crippen molar-refractivity contribution in [3.63, 3.8) is 0 Å². The van der Waals surface area contributed by atoms with E-state index in [0.29, 0.717) is 12.0 Å². The van der Waals surface area contributed by atoms with Crippen molar-refractivity contribution in [3.05, 3.63) is 0 Å². The minimum Gasteiger partial charge on any atom is -0.311 e. The monoisotopic (exact) mass is 234 g/mol. The van der Waals surface area contributed by atoms with E-state index in [9.17, 15) is 8.78 Å². The van der Waals surface area contributed by atoms with Gasteiger partial charge in [0.05, 0.1) is 6.54 Å². The molecule has 0 saturated carbocycles. The fourth-order valence-electron chi connectivity index (χ4n) is 2.39. The Kier molecular flexibility index (Phi) is 5.62. The van der Waals surface area contributed by atoms with Crippen molar-refractivity contribution < 1.29 is 8.78 Å². The Morgan fingerprint density at radius 2 is 2.06 bits per heavy atom. The summed E-state index contributed by atoms with van der Waals surface area (Å²) in [6, 6.07) is 0.640. The van der Waals surface area contributed by atoms with Gasteiger partial charge in [0.1, 0.15) is 0 Å². The Hall–Kier alpha value is -0.220. The molecule has 2 nitrogen and oxygen atoms in total. The van der Waals surface area contributed by atoms with Crippen LogP contribution < -0.4 is 5.32 Å². The van der Waals surface area contributed by atoms with Crippen LogP contribution in [0.25, 0.3) is 0 Å². The van der Waals surface area contributed by atoms with E-state index in [1.54, 1.807) is 0 Å². The van der Waals surface area contributed by atoms with Crippen LogP contribution in [0.1, 0.15) is 33.6 Å². The number of alkyl halides is 2. The lowest BCUT2D eigenvalue weighted by Gasteiger charge is -2.42. The number of hydrogen-bond acceptors (Lipinski definition) is 2. The minimum atomic E-state index is -2.22. The van der Waals surface area contributed by atoms with Gasteiger partial charge in [-0.2, -0.15) is 0 Å². The van der Waals surface area contributed by atoms with Gasteiger partial charge in [0.25, 0.3) is 6.43 Å². The van der Waals surface area contributed by atoms with Crippen molar-refractivity contribution in [3.8, 4) is 0 Å². The van der Waals surface area contributed by atoms with Crippen LogP contribution in [-0.4, -0.2) is 43.0 Å². The number of hydrogen-bond donors (Lipinski definition) is 1. The average Bonchev–Trinajstić information content (AvgIpc) is 2.27. The van der Waals surface area contributed by atoms with Crippen LogP contribution in [0.4, 0.5) is 8.78 Å². The van der Waals surface area contributed by atoms with Crippen LogP contribution in [0.15, 0.2) is 0 Å². The minimum absolute atomic E-state index is 0.0762. The number of halogens is 2. The summed E-state index contributed by atoms with van der Waals surface area (Å²) in [6.07, 6.45) is -0.169. The van der Waals surface area contributed by atoms with E-state index in [2.05, 4.69) is 26.1 Å². The molecule has 3 atom stereocenters. The summed E-state index contributed by atoms with van der Waals surface area (Å²) >= 11 is 0. The highest BCUT2D eigenvalue weighted by molar-refractivity contribution is 4.88. The summed E-state index contributed by atoms with van der Waals surface area (Å²) in [5.74, 6) is 0.476. The molecule has 0 radical (unpaired) electrons. The van der Waals surface area contributed by atoms with Crippen LogP contribution in [0.5, 0.6) is 0 Å². The Morgan fingerprint density at radius 3 is 2.56 bits per heavy atom. The zero-order chi connectivity index (χ0) is 12.1. The van der Waals surface area contributed by atoms with Gasteiger partial charge in [0, 0.05) is 25.2 Å². The first-order valence-electron chi connectivity index (χ1n) is 6.34. The molecule has 4 heteroatoms. The first-order valence-corrected chi connectivity index (χ1v) is 6.34. The SMILES string of the molecule is CCC1CN(CC(F)F)C(C(C)CC)CN1. The van der Waals surface area contributed by atoms with E-state index in [1.165, 1.54) is 0 Å². The van der Waals surface area contributed by atoms with Crippen molar-refractivity contribution in [2.45, 2.75) is 52.1 Å². The molecule has 0 aromatic heterocycles. The summed E-state index contributed by atoms with van der Waals surface area (Å²) in [6.45, 7) is 7.90. The van der Waals surface area contributed by atoms with Crippen molar-refractivity contribution >= 4 is 0 Å². The largest absolute Gasteiger partial charge is 0.311 e. The molecule has 16 heavy (non-hydrogen) atoms. The summed E-state index contributed by atoms with van der Waals surface area (Å²) in [5.41, 5.74) is 0. The van der Waals surface area contributed by atoms with Crippen LogP contribution in [0, 0.1) is 5.92 Å². The smallest absolute Gasteiger partial charge is 0.251 e. The quantitative estimate of drug-likeness (QED) is 0.785. The normalized spacial score (nSPS) is 29.6. The third-order valence-electron chi connectivity index (χ3n) is 3.71. The van der Waals surface area contributed by atoms with Gasteiger partial charge < -0.3 is 5.32 Å². The fourth-order valence-corrected chi connectivity index (χ4v) is 2.39. The third kappa shape index (κ3) is 3.67. The van der Waals surface area contributed by atoms with Gasteiger partial charge in [-0.25, -0.2) is 8.78 Å². The lowest BCUT2D eigenvalue weighted by molar-refractivity contribution is 0.0248. The molecule has 0 spiro atoms. The topological polar surface area (TPSA) is 15.3 Å². The van der Waals surface area contributed by atoms with Crippen molar-refractivity contribution in [2.24, 2.45) is 5.92 Å². The molecule has 1 aliphatic heterocycles. The molecular weight excluding hydrogens is 210 g/mol. The molecule has 1 rings (SSSR count). The molecule has 1 heterocycles. The van der Waals surface area contributed by atoms with E-state index in [4.69, 9.17) is 0 Å². The highest BCUT2D eigenvalue weighted by atomic mass is 19.3. The predicted octanol–water partition coefficient (Wildman–Crippen LogP) is 2.35. The van der Waals surface area contributed by atoms with Gasteiger partial charge in [-0.1, -0.05) is 27.2 Å². The second-order valence-corrected chi connectivity index (χ2v) is 4.81. The molecule has 0 aliphatic carbocycles. The summed E-state index contributed by atoms with van der Waals surface area (Å²) in [5, 5.41) is 3.45. The van der Waals surface area contributed by atoms with Gasteiger partial charge in [0.2, 0.25) is 0 Å². The maximum absolute atomic E-state index is 12.5. The molecule has 0 bridgehead atoms. The van der Waals surface area contributed by atoms with Crippen molar-refractivity contribution in [1.29, 1.82) is 0 Å². The zero-order valence-corrected chi connectivity index (χ0v) is 10.5. The van der Waals surface area contributed by atoms with E-state index >= 15 is 0 Å². The number of nitrogens with zero attached hydrogens (tertiary/aromatic N) is 1. The number of nitrogens with one attached hydrogen (secondary N) is 1. The molecule has 1 aliphatic rings. The third-order valence-corrected chi connectivity index (χ3v) is 3.71. The molecule has 0 amide bonds. The molecule has 0 aromatic rings. The van der Waals surface area contributed by atoms with Gasteiger partial charge >= 0.3 is 0 Å². The van der Waals surface area contributed by atoms with E-state index in [1.807, 2.05) is 4.90 Å². The van der Waals surface area contributed by atoms with Gasteiger partial charge in [-0.3, -0.25) is 4.90 Å². The van der Waals surface area contributed by atoms with Gasteiger partial charge in [-0.15, -0.1) is 0 Å². The Labute approximate surface area is 97.4 Å². The first kappa shape index (κ1) is 13.8. The summed E-state index contributed by atoms with van der Waals surface area (Å²) < 4.78 is 25.1. The van der Waals surface area contributed by atoms with Crippen LogP contribution >= 0.6 is 0 Å². The van der Waals surface area contributed by atoms with Crippen molar-refractivity contribution in [2.75, 3.05) is 19.6 Å². The molecule has 3 unspecified atom stereocenters. The molecule has 0 aromatic carbocycles. The Morgan fingerprint density at radius 1 is 1.38 bits per heavy atom. The van der Waals surface area contributed by atoms with Crippen LogP contribution in [0.2, 0.25) is 0 Å². The number of piperazine rings is 1. The zero-order valence-electron chi connectivity index (χ0n) is 10.5. The summed E-state index contributed by atoms with van der Waals surface area (Å²) in [7, 11) is 0. The Bertz CT molecular complexity index is 199. The Balaban J connectivity index is 2.59. The highest BCUT2D eigenvalue weighted by Gasteiger charge is 2.31. The molecule has 1 N–H and O–H groups in total. The molecule has 96 valence electrons. The molecule has 1 saturated heterocycles. The predicted molar refractivity (Wildman–Crippen MR) is 62.9 cm³/mol. The second-order valence-electron chi connectivity index (χ2n) is 4.81. The molecular formula is C12H24F2N2. The van der Waals surface area contributed by atoms with Crippen LogP contribution in [-0.2, 0) is 0 Å². The van der Waals surface area contributed by atoms with E-state index in [-0.39, 0.29) is 12.6 Å². The maximum atomic E-state index is 12.5. The lowest BCUT2D eigenvalue weighted by Crippen LogP contribution is -2.59. The van der Waals surface area contributed by atoms with Gasteiger partial charge in [0.15, 0.2) is 0 Å². The number of rotatable bonds is 5. The maximum Gasteiger partial charge on any atom is 0.251 e. The average molecular weight is 234 g/mol. The summed E-state index contributed by atoms with van der Waals surface area (Å²) in [4.78, 5) is 1.98. The van der Waals surface area contributed by atoms with Crippen molar-refractivity contribution in [1.82, 2.24) is 10.2 Å². The lowest BCUT2D eigenvalue weighted by atomic mass is 9.94. The van der Waals surface area contributed by atoms with Gasteiger partial charge in [-0.05, 0) is 12.3 Å². The fraction of sp³-hybridized carbons (Fsp3) is 1.00. The first-order chi connectivity index (χ1) is 7.58. The van der Waals surface area contributed by atoms with E-state index in [0.717, 1.165) is 25.9 Å². The van der Waals surface area contributed by atoms with E-state index < -0.39 is 6.43 Å².